The molecule has 1 N–H and O–H groups in total. The van der Waals surface area contributed by atoms with Crippen LogP contribution in [0.4, 0.5) is 0 Å². The van der Waals surface area contributed by atoms with E-state index in [1.807, 2.05) is 24.0 Å². The highest BCUT2D eigenvalue weighted by atomic mass is 32.1. The molecule has 0 saturated carbocycles. The molecule has 2 amide bonds. The van der Waals surface area contributed by atoms with Crippen molar-refractivity contribution < 1.29 is 9.59 Å². The summed E-state index contributed by atoms with van der Waals surface area (Å²) in [4.78, 5) is 28.6. The largest absolute Gasteiger partial charge is 0.359 e. The second-order valence-electron chi connectivity index (χ2n) is 7.34. The lowest BCUT2D eigenvalue weighted by Gasteiger charge is -2.42. The van der Waals surface area contributed by atoms with Gasteiger partial charge in [0.1, 0.15) is 0 Å². The van der Waals surface area contributed by atoms with Gasteiger partial charge in [0.25, 0.3) is 0 Å². The Morgan fingerprint density at radius 3 is 2.74 bits per heavy atom. The third-order valence-corrected chi connectivity index (χ3v) is 6.34. The summed E-state index contributed by atoms with van der Waals surface area (Å²) in [5.74, 6) is 0.203. The SMILES string of the molecule is CCCC(=O)N1CCC[C@](Cc2ccccc2-c2cccs2)(C(=O)NC)C1. The molecule has 0 aliphatic carbocycles. The van der Waals surface area contributed by atoms with Crippen molar-refractivity contribution >= 4 is 23.2 Å². The number of benzene rings is 1. The number of carbonyl (C=O) groups excluding carboxylic acids is 2. The van der Waals surface area contributed by atoms with E-state index in [2.05, 4.69) is 35.0 Å². The molecule has 0 spiro atoms. The summed E-state index contributed by atoms with van der Waals surface area (Å²) in [5.41, 5.74) is 1.80. The molecule has 1 aliphatic rings. The van der Waals surface area contributed by atoms with Crippen molar-refractivity contribution in [2.24, 2.45) is 5.41 Å². The van der Waals surface area contributed by atoms with Crippen LogP contribution in [0.2, 0.25) is 0 Å². The first-order chi connectivity index (χ1) is 13.1. The normalized spacial score (nSPS) is 19.7. The van der Waals surface area contributed by atoms with E-state index in [1.54, 1.807) is 18.4 Å². The van der Waals surface area contributed by atoms with Crippen molar-refractivity contribution in [2.75, 3.05) is 20.1 Å². The summed E-state index contributed by atoms with van der Waals surface area (Å²) in [6.45, 7) is 3.28. The Labute approximate surface area is 165 Å². The van der Waals surface area contributed by atoms with E-state index in [0.29, 0.717) is 19.4 Å². The smallest absolute Gasteiger partial charge is 0.228 e. The highest BCUT2D eigenvalue weighted by Gasteiger charge is 2.43. The minimum atomic E-state index is -0.566. The number of nitrogens with zero attached hydrogens (tertiary/aromatic N) is 1. The predicted molar refractivity (Wildman–Crippen MR) is 111 cm³/mol. The maximum Gasteiger partial charge on any atom is 0.228 e. The van der Waals surface area contributed by atoms with E-state index in [-0.39, 0.29) is 11.8 Å². The van der Waals surface area contributed by atoms with E-state index in [9.17, 15) is 9.59 Å². The van der Waals surface area contributed by atoms with Crippen LogP contribution in [0, 0.1) is 5.41 Å². The average Bonchev–Trinajstić information content (AvgIpc) is 3.22. The van der Waals surface area contributed by atoms with Gasteiger partial charge in [-0.2, -0.15) is 0 Å². The minimum absolute atomic E-state index is 0.0393. The van der Waals surface area contributed by atoms with E-state index in [1.165, 1.54) is 16.0 Å². The number of hydrogen-bond acceptors (Lipinski definition) is 3. The van der Waals surface area contributed by atoms with Crippen molar-refractivity contribution in [3.63, 3.8) is 0 Å². The Morgan fingerprint density at radius 1 is 1.22 bits per heavy atom. The van der Waals surface area contributed by atoms with Crippen LogP contribution in [-0.4, -0.2) is 36.9 Å². The molecule has 2 aromatic rings. The van der Waals surface area contributed by atoms with Gasteiger partial charge in [-0.1, -0.05) is 37.3 Å². The van der Waals surface area contributed by atoms with E-state index >= 15 is 0 Å². The first-order valence-corrected chi connectivity index (χ1v) is 10.6. The van der Waals surface area contributed by atoms with Gasteiger partial charge >= 0.3 is 0 Å². The zero-order valence-electron chi connectivity index (χ0n) is 16.2. The average molecular weight is 385 g/mol. The summed E-state index contributed by atoms with van der Waals surface area (Å²) in [6, 6.07) is 12.5. The summed E-state index contributed by atoms with van der Waals surface area (Å²) in [7, 11) is 1.70. The molecule has 0 bridgehead atoms. The molecule has 5 heteroatoms. The van der Waals surface area contributed by atoms with Crippen molar-refractivity contribution in [1.82, 2.24) is 10.2 Å². The second-order valence-corrected chi connectivity index (χ2v) is 8.29. The number of nitrogens with one attached hydrogen (secondary N) is 1. The van der Waals surface area contributed by atoms with Gasteiger partial charge in [-0.05, 0) is 48.3 Å². The van der Waals surface area contributed by atoms with Crippen LogP contribution in [0.3, 0.4) is 0 Å². The van der Waals surface area contributed by atoms with Crippen LogP contribution in [0.1, 0.15) is 38.2 Å². The number of amides is 2. The van der Waals surface area contributed by atoms with Gasteiger partial charge in [-0.3, -0.25) is 9.59 Å². The Balaban J connectivity index is 1.93. The minimum Gasteiger partial charge on any atom is -0.359 e. The number of likely N-dealkylation sites (tertiary alicyclic amines) is 1. The lowest BCUT2D eigenvalue weighted by Crippen LogP contribution is -2.54. The van der Waals surface area contributed by atoms with Gasteiger partial charge in [0.2, 0.25) is 11.8 Å². The predicted octanol–water partition coefficient (Wildman–Crippen LogP) is 4.11. The van der Waals surface area contributed by atoms with Crippen LogP contribution in [-0.2, 0) is 16.0 Å². The lowest BCUT2D eigenvalue weighted by atomic mass is 9.73. The molecular weight excluding hydrogens is 356 g/mol. The van der Waals surface area contributed by atoms with Crippen LogP contribution < -0.4 is 5.32 Å². The van der Waals surface area contributed by atoms with Gasteiger partial charge in [-0.15, -0.1) is 11.3 Å². The first kappa shape index (κ1) is 19.6. The molecule has 144 valence electrons. The number of piperidine rings is 1. The van der Waals surface area contributed by atoms with Crippen molar-refractivity contribution in [3.05, 3.63) is 47.3 Å². The highest BCUT2D eigenvalue weighted by molar-refractivity contribution is 7.13. The maximum atomic E-state index is 13.0. The second kappa shape index (κ2) is 8.70. The molecule has 1 atom stereocenters. The lowest BCUT2D eigenvalue weighted by molar-refractivity contribution is -0.141. The Bertz CT molecular complexity index is 787. The summed E-state index contributed by atoms with van der Waals surface area (Å²) in [6.07, 6.45) is 3.71. The quantitative estimate of drug-likeness (QED) is 0.815. The molecule has 27 heavy (non-hydrogen) atoms. The monoisotopic (exact) mass is 384 g/mol. The zero-order valence-corrected chi connectivity index (χ0v) is 17.0. The van der Waals surface area contributed by atoms with E-state index in [4.69, 9.17) is 0 Å². The zero-order chi connectivity index (χ0) is 19.3. The molecule has 4 nitrogen and oxygen atoms in total. The molecule has 1 aliphatic heterocycles. The molecule has 0 radical (unpaired) electrons. The third-order valence-electron chi connectivity index (χ3n) is 5.44. The third kappa shape index (κ3) is 4.24. The van der Waals surface area contributed by atoms with Gasteiger partial charge in [0, 0.05) is 31.4 Å². The van der Waals surface area contributed by atoms with Gasteiger partial charge in [0.05, 0.1) is 5.41 Å². The number of rotatable bonds is 6. The molecular formula is C22H28N2O2S. The van der Waals surface area contributed by atoms with Crippen molar-refractivity contribution in [1.29, 1.82) is 0 Å². The fourth-order valence-electron chi connectivity index (χ4n) is 4.10. The Kier molecular flexibility index (Phi) is 6.32. The van der Waals surface area contributed by atoms with Crippen molar-refractivity contribution in [2.45, 2.75) is 39.0 Å². The molecule has 1 saturated heterocycles. The van der Waals surface area contributed by atoms with Crippen LogP contribution >= 0.6 is 11.3 Å². The number of thiophene rings is 1. The maximum absolute atomic E-state index is 13.0. The molecule has 2 heterocycles. The fourth-order valence-corrected chi connectivity index (χ4v) is 4.89. The Hall–Kier alpha value is -2.14. The molecule has 1 aromatic carbocycles. The van der Waals surface area contributed by atoms with Crippen molar-refractivity contribution in [3.8, 4) is 10.4 Å². The molecule has 0 unspecified atom stereocenters. The summed E-state index contributed by atoms with van der Waals surface area (Å²) in [5, 5.41) is 4.94. The first-order valence-electron chi connectivity index (χ1n) is 9.71. The van der Waals surface area contributed by atoms with Crippen LogP contribution in [0.25, 0.3) is 10.4 Å². The number of carbonyl (C=O) groups is 2. The standard InChI is InChI=1S/C22H28N2O2S/c1-3-8-20(25)24-13-7-12-22(16-24,21(26)23-2)15-17-9-4-5-10-18(17)19-11-6-14-27-19/h4-6,9-11,14H,3,7-8,12-13,15-16H2,1-2H3,(H,23,26)/t22-/m1/s1. The van der Waals surface area contributed by atoms with E-state index < -0.39 is 5.41 Å². The fraction of sp³-hybridized carbons (Fsp3) is 0.455. The topological polar surface area (TPSA) is 49.4 Å². The summed E-state index contributed by atoms with van der Waals surface area (Å²) < 4.78 is 0. The van der Waals surface area contributed by atoms with E-state index in [0.717, 1.165) is 25.8 Å². The molecule has 1 fully saturated rings. The Morgan fingerprint density at radius 2 is 2.04 bits per heavy atom. The highest BCUT2D eigenvalue weighted by Crippen LogP contribution is 2.38. The van der Waals surface area contributed by atoms with Crippen LogP contribution in [0.15, 0.2) is 41.8 Å². The van der Waals surface area contributed by atoms with Gasteiger partial charge in [0.15, 0.2) is 0 Å². The molecule has 1 aromatic heterocycles. The van der Waals surface area contributed by atoms with Gasteiger partial charge in [-0.25, -0.2) is 0 Å². The summed E-state index contributed by atoms with van der Waals surface area (Å²) >= 11 is 1.71. The van der Waals surface area contributed by atoms with Crippen LogP contribution in [0.5, 0.6) is 0 Å². The number of hydrogen-bond donors (Lipinski definition) is 1. The van der Waals surface area contributed by atoms with Gasteiger partial charge < -0.3 is 10.2 Å². The molecule has 3 rings (SSSR count).